The van der Waals surface area contributed by atoms with Crippen LogP contribution in [0.5, 0.6) is 0 Å². The molecule has 0 aromatic carbocycles. The number of aromatic nitrogens is 1. The summed E-state index contributed by atoms with van der Waals surface area (Å²) >= 11 is 1.76. The van der Waals surface area contributed by atoms with Crippen LogP contribution >= 0.6 is 11.3 Å². The number of aryl methyl sites for hydroxylation is 1. The van der Waals surface area contributed by atoms with Gasteiger partial charge in [0.1, 0.15) is 0 Å². The summed E-state index contributed by atoms with van der Waals surface area (Å²) < 4.78 is 0. The van der Waals surface area contributed by atoms with Crippen LogP contribution in [-0.4, -0.2) is 29.5 Å². The van der Waals surface area contributed by atoms with Gasteiger partial charge in [0.25, 0.3) is 0 Å². The highest BCUT2D eigenvalue weighted by Crippen LogP contribution is 2.38. The average Bonchev–Trinajstić information content (AvgIpc) is 2.71. The summed E-state index contributed by atoms with van der Waals surface area (Å²) in [6.45, 7) is 8.82. The van der Waals surface area contributed by atoms with Crippen molar-refractivity contribution in [2.24, 2.45) is 17.1 Å². The molecule has 1 heterocycles. The highest BCUT2D eigenvalue weighted by Gasteiger charge is 2.36. The molecule has 1 saturated carbocycles. The van der Waals surface area contributed by atoms with Gasteiger partial charge in [-0.3, -0.25) is 0 Å². The van der Waals surface area contributed by atoms with Gasteiger partial charge in [-0.05, 0) is 38.1 Å². The Kier molecular flexibility index (Phi) is 4.64. The van der Waals surface area contributed by atoms with Crippen LogP contribution in [0.1, 0.15) is 43.7 Å². The Hall–Kier alpha value is -0.450. The summed E-state index contributed by atoms with van der Waals surface area (Å²) in [6.07, 6.45) is 3.86. The van der Waals surface area contributed by atoms with Crippen molar-refractivity contribution in [3.8, 4) is 0 Å². The molecule has 2 unspecified atom stereocenters. The molecule has 0 saturated heterocycles. The fourth-order valence-corrected chi connectivity index (χ4v) is 4.05. The zero-order valence-electron chi connectivity index (χ0n) is 12.6. The minimum absolute atomic E-state index is 0.296. The lowest BCUT2D eigenvalue weighted by atomic mass is 9.68. The van der Waals surface area contributed by atoms with Gasteiger partial charge < -0.3 is 10.6 Å². The maximum Gasteiger partial charge on any atom is 0.0798 e. The van der Waals surface area contributed by atoms with Crippen LogP contribution in [0.4, 0.5) is 0 Å². The van der Waals surface area contributed by atoms with E-state index in [1.165, 1.54) is 29.8 Å². The van der Waals surface area contributed by atoms with Crippen LogP contribution in [0.25, 0.3) is 0 Å². The highest BCUT2D eigenvalue weighted by molar-refractivity contribution is 7.09. The number of rotatable bonds is 4. The number of hydrogen-bond acceptors (Lipinski definition) is 4. The molecule has 0 radical (unpaired) electrons. The Labute approximate surface area is 121 Å². The van der Waals surface area contributed by atoms with E-state index in [-0.39, 0.29) is 0 Å². The molecule has 1 aromatic rings. The maximum atomic E-state index is 6.47. The summed E-state index contributed by atoms with van der Waals surface area (Å²) in [5.74, 6) is 0.627. The molecule has 1 aliphatic carbocycles. The van der Waals surface area contributed by atoms with Crippen molar-refractivity contribution in [1.82, 2.24) is 9.88 Å². The van der Waals surface area contributed by atoms with Crippen molar-refractivity contribution < 1.29 is 0 Å². The second-order valence-electron chi connectivity index (χ2n) is 6.72. The molecule has 0 amide bonds. The predicted molar refractivity (Wildman–Crippen MR) is 82.3 cm³/mol. The molecular weight excluding hydrogens is 254 g/mol. The van der Waals surface area contributed by atoms with Crippen molar-refractivity contribution in [3.63, 3.8) is 0 Å². The molecule has 2 rings (SSSR count). The molecule has 1 fully saturated rings. The van der Waals surface area contributed by atoms with E-state index in [1.807, 2.05) is 5.51 Å². The average molecular weight is 281 g/mol. The lowest BCUT2D eigenvalue weighted by Gasteiger charge is -2.43. The molecule has 1 aliphatic rings. The number of nitrogens with two attached hydrogens (primary N) is 1. The molecule has 19 heavy (non-hydrogen) atoms. The van der Waals surface area contributed by atoms with E-state index in [9.17, 15) is 0 Å². The SMILES string of the molecule is Cc1ncsc1CN(C)CC1CCCC(C)(C)C1N. The molecule has 3 nitrogen and oxygen atoms in total. The van der Waals surface area contributed by atoms with E-state index < -0.39 is 0 Å². The van der Waals surface area contributed by atoms with Gasteiger partial charge in [-0.1, -0.05) is 20.3 Å². The van der Waals surface area contributed by atoms with Gasteiger partial charge in [-0.25, -0.2) is 4.98 Å². The second-order valence-corrected chi connectivity index (χ2v) is 7.66. The Balaban J connectivity index is 1.91. The third kappa shape index (κ3) is 3.56. The maximum absolute atomic E-state index is 6.47. The molecule has 2 N–H and O–H groups in total. The van der Waals surface area contributed by atoms with E-state index in [2.05, 4.69) is 37.7 Å². The van der Waals surface area contributed by atoms with Crippen LogP contribution in [-0.2, 0) is 6.54 Å². The number of nitrogens with zero attached hydrogens (tertiary/aromatic N) is 2. The summed E-state index contributed by atoms with van der Waals surface area (Å²) in [5.41, 5.74) is 9.88. The van der Waals surface area contributed by atoms with Crippen molar-refractivity contribution in [1.29, 1.82) is 0 Å². The van der Waals surface area contributed by atoms with Crippen LogP contribution in [0.2, 0.25) is 0 Å². The Morgan fingerprint density at radius 2 is 2.26 bits per heavy atom. The monoisotopic (exact) mass is 281 g/mol. The van der Waals surface area contributed by atoms with Crippen LogP contribution in [0.15, 0.2) is 5.51 Å². The first-order chi connectivity index (χ1) is 8.90. The third-order valence-electron chi connectivity index (χ3n) is 4.61. The predicted octanol–water partition coefficient (Wildman–Crippen LogP) is 3.04. The van der Waals surface area contributed by atoms with Crippen LogP contribution in [0, 0.1) is 18.3 Å². The van der Waals surface area contributed by atoms with E-state index in [4.69, 9.17) is 5.73 Å². The number of thiazole rings is 1. The second kappa shape index (κ2) is 5.90. The van der Waals surface area contributed by atoms with Gasteiger partial charge in [-0.15, -0.1) is 11.3 Å². The van der Waals surface area contributed by atoms with E-state index in [0.29, 0.717) is 17.4 Å². The third-order valence-corrected chi connectivity index (χ3v) is 5.53. The Bertz CT molecular complexity index is 413. The molecule has 0 bridgehead atoms. The van der Waals surface area contributed by atoms with Gasteiger partial charge in [-0.2, -0.15) is 0 Å². The topological polar surface area (TPSA) is 42.2 Å². The van der Waals surface area contributed by atoms with Crippen molar-refractivity contribution in [2.45, 2.75) is 52.6 Å². The minimum atomic E-state index is 0.296. The van der Waals surface area contributed by atoms with Gasteiger partial charge in [0, 0.05) is 24.0 Å². The fourth-order valence-electron chi connectivity index (χ4n) is 3.20. The molecule has 0 aliphatic heterocycles. The Morgan fingerprint density at radius 1 is 1.53 bits per heavy atom. The molecule has 4 heteroatoms. The minimum Gasteiger partial charge on any atom is -0.327 e. The smallest absolute Gasteiger partial charge is 0.0798 e. The molecule has 108 valence electrons. The van der Waals surface area contributed by atoms with Gasteiger partial charge in [0.05, 0.1) is 11.2 Å². The van der Waals surface area contributed by atoms with E-state index in [1.54, 1.807) is 11.3 Å². The number of hydrogen-bond donors (Lipinski definition) is 1. The van der Waals surface area contributed by atoms with Gasteiger partial charge in [0.2, 0.25) is 0 Å². The quantitative estimate of drug-likeness (QED) is 0.922. The van der Waals surface area contributed by atoms with Gasteiger partial charge in [0.15, 0.2) is 0 Å². The summed E-state index contributed by atoms with van der Waals surface area (Å²) in [7, 11) is 2.20. The first kappa shape index (κ1) is 14.9. The van der Waals surface area contributed by atoms with E-state index >= 15 is 0 Å². The summed E-state index contributed by atoms with van der Waals surface area (Å²) in [5, 5.41) is 0. The highest BCUT2D eigenvalue weighted by atomic mass is 32.1. The zero-order valence-corrected chi connectivity index (χ0v) is 13.5. The summed E-state index contributed by atoms with van der Waals surface area (Å²) in [4.78, 5) is 8.11. The molecule has 2 atom stereocenters. The molecular formula is C15H27N3S. The largest absolute Gasteiger partial charge is 0.327 e. The zero-order chi connectivity index (χ0) is 14.0. The lowest BCUT2D eigenvalue weighted by Crippen LogP contribution is -2.49. The van der Waals surface area contributed by atoms with Crippen molar-refractivity contribution >= 4 is 11.3 Å². The standard InChI is InChI=1S/C15H27N3S/c1-11-13(19-10-17-11)9-18(4)8-12-6-5-7-15(2,3)14(12)16/h10,12,14H,5-9,16H2,1-4H3. The van der Waals surface area contributed by atoms with Crippen molar-refractivity contribution in [2.75, 3.05) is 13.6 Å². The summed E-state index contributed by atoms with van der Waals surface area (Å²) in [6, 6.07) is 0.325. The van der Waals surface area contributed by atoms with Crippen LogP contribution in [0.3, 0.4) is 0 Å². The normalized spacial score (nSPS) is 26.8. The first-order valence-corrected chi connectivity index (χ1v) is 8.11. The van der Waals surface area contributed by atoms with Crippen LogP contribution < -0.4 is 5.73 Å². The molecule has 0 spiro atoms. The fraction of sp³-hybridized carbons (Fsp3) is 0.800. The lowest BCUT2D eigenvalue weighted by molar-refractivity contribution is 0.109. The first-order valence-electron chi connectivity index (χ1n) is 7.23. The Morgan fingerprint density at radius 3 is 2.89 bits per heavy atom. The molecule has 1 aromatic heterocycles. The van der Waals surface area contributed by atoms with Crippen molar-refractivity contribution in [3.05, 3.63) is 16.1 Å². The van der Waals surface area contributed by atoms with E-state index in [0.717, 1.165) is 13.1 Å². The van der Waals surface area contributed by atoms with Gasteiger partial charge >= 0.3 is 0 Å².